The van der Waals surface area contributed by atoms with Gasteiger partial charge in [0.15, 0.2) is 4.96 Å². The molecular weight excluding hydrogens is 328 g/mol. The number of rotatable bonds is 2. The fourth-order valence-corrected chi connectivity index (χ4v) is 3.12. The van der Waals surface area contributed by atoms with Crippen molar-refractivity contribution < 1.29 is 9.90 Å². The second kappa shape index (κ2) is 4.47. The van der Waals surface area contributed by atoms with Gasteiger partial charge in [-0.2, -0.15) is 0 Å². The molecule has 0 bridgehead atoms. The molecule has 0 aliphatic rings. The number of imidazole rings is 1. The summed E-state index contributed by atoms with van der Waals surface area (Å²) < 4.78 is 2.84. The number of thiazole rings is 1. The second-order valence-electron chi connectivity index (χ2n) is 4.11. The van der Waals surface area contributed by atoms with E-state index in [2.05, 4.69) is 20.9 Å². The van der Waals surface area contributed by atoms with Gasteiger partial charge in [0, 0.05) is 21.9 Å². The molecule has 0 aliphatic carbocycles. The van der Waals surface area contributed by atoms with Crippen LogP contribution in [0.2, 0.25) is 0 Å². The van der Waals surface area contributed by atoms with Crippen LogP contribution in [-0.4, -0.2) is 20.5 Å². The Hall–Kier alpha value is -1.66. The molecule has 0 saturated heterocycles. The molecule has 0 spiro atoms. The highest BCUT2D eigenvalue weighted by Crippen LogP contribution is 2.27. The average molecular weight is 337 g/mol. The number of halogens is 1. The number of fused-ring (bicyclic) bond motifs is 1. The van der Waals surface area contributed by atoms with Crippen LogP contribution in [0.25, 0.3) is 16.2 Å². The number of hydrogen-bond acceptors (Lipinski definition) is 3. The Bertz CT molecular complexity index is 774. The highest BCUT2D eigenvalue weighted by Gasteiger charge is 2.16. The fraction of sp³-hybridized carbons (Fsp3) is 0.0769. The highest BCUT2D eigenvalue weighted by atomic mass is 79.9. The van der Waals surface area contributed by atoms with Crippen molar-refractivity contribution in [1.29, 1.82) is 0 Å². The van der Waals surface area contributed by atoms with E-state index in [9.17, 15) is 4.79 Å². The highest BCUT2D eigenvalue weighted by molar-refractivity contribution is 9.10. The molecule has 3 aromatic rings. The van der Waals surface area contributed by atoms with E-state index in [0.29, 0.717) is 15.5 Å². The number of aromatic nitrogens is 2. The quantitative estimate of drug-likeness (QED) is 0.773. The van der Waals surface area contributed by atoms with Gasteiger partial charge >= 0.3 is 5.97 Å². The van der Waals surface area contributed by atoms with Crippen LogP contribution in [0.4, 0.5) is 0 Å². The van der Waals surface area contributed by atoms with Gasteiger partial charge in [-0.3, -0.25) is 4.40 Å². The molecule has 0 fully saturated rings. The van der Waals surface area contributed by atoms with Crippen LogP contribution >= 0.6 is 27.3 Å². The molecule has 0 atom stereocenters. The first-order valence-corrected chi connectivity index (χ1v) is 7.15. The van der Waals surface area contributed by atoms with Crippen LogP contribution in [0, 0.1) is 6.92 Å². The summed E-state index contributed by atoms with van der Waals surface area (Å²) in [6, 6.07) is 7.87. The molecule has 2 heterocycles. The zero-order valence-corrected chi connectivity index (χ0v) is 12.3. The molecule has 0 aliphatic heterocycles. The minimum atomic E-state index is -0.904. The number of carbonyl (C=O) groups is 1. The smallest absolute Gasteiger partial charge is 0.347 e. The number of hydrogen-bond donors (Lipinski definition) is 1. The maximum absolute atomic E-state index is 11.0. The first-order chi connectivity index (χ1) is 9.06. The Morgan fingerprint density at radius 2 is 2.05 bits per heavy atom. The number of carboxylic acid groups (broad SMARTS) is 1. The summed E-state index contributed by atoms with van der Waals surface area (Å²) in [6.45, 7) is 1.79. The summed E-state index contributed by atoms with van der Waals surface area (Å²) >= 11 is 4.59. The third-order valence-electron chi connectivity index (χ3n) is 2.89. The normalized spacial score (nSPS) is 11.1. The van der Waals surface area contributed by atoms with E-state index in [1.165, 1.54) is 11.3 Å². The lowest BCUT2D eigenvalue weighted by Gasteiger charge is -1.96. The summed E-state index contributed by atoms with van der Waals surface area (Å²) in [5.41, 5.74) is 2.57. The Labute approximate surface area is 121 Å². The third-order valence-corrected chi connectivity index (χ3v) is 4.56. The maximum atomic E-state index is 11.0. The van der Waals surface area contributed by atoms with E-state index in [1.54, 1.807) is 6.92 Å². The predicted molar refractivity (Wildman–Crippen MR) is 77.9 cm³/mol. The summed E-state index contributed by atoms with van der Waals surface area (Å²) in [5, 5.41) is 9.07. The van der Waals surface area contributed by atoms with Gasteiger partial charge in [-0.25, -0.2) is 9.78 Å². The lowest BCUT2D eigenvalue weighted by atomic mass is 10.2. The number of nitrogens with zero attached hydrogens (tertiary/aromatic N) is 2. The maximum Gasteiger partial charge on any atom is 0.347 e. The molecule has 3 rings (SSSR count). The topological polar surface area (TPSA) is 54.6 Å². The lowest BCUT2D eigenvalue weighted by Crippen LogP contribution is -1.96. The van der Waals surface area contributed by atoms with Crippen LogP contribution in [-0.2, 0) is 0 Å². The van der Waals surface area contributed by atoms with Crippen molar-refractivity contribution in [1.82, 2.24) is 9.38 Å². The van der Waals surface area contributed by atoms with Crippen molar-refractivity contribution >= 4 is 38.2 Å². The zero-order chi connectivity index (χ0) is 13.6. The van der Waals surface area contributed by atoms with Crippen molar-refractivity contribution in [3.63, 3.8) is 0 Å². The molecule has 6 heteroatoms. The molecule has 1 N–H and O–H groups in total. The molecule has 2 aromatic heterocycles. The SMILES string of the molecule is Cc1c(C(=O)O)sc2nc(-c3ccc(Br)cc3)cn12. The summed E-state index contributed by atoms with van der Waals surface area (Å²) in [4.78, 5) is 16.6. The summed E-state index contributed by atoms with van der Waals surface area (Å²) in [7, 11) is 0. The van der Waals surface area contributed by atoms with Crippen LogP contribution in [0.15, 0.2) is 34.9 Å². The Kier molecular flexibility index (Phi) is 2.91. The minimum Gasteiger partial charge on any atom is -0.477 e. The average Bonchev–Trinajstić information content (AvgIpc) is 2.90. The van der Waals surface area contributed by atoms with Crippen LogP contribution in [0.3, 0.4) is 0 Å². The molecule has 0 unspecified atom stereocenters. The largest absolute Gasteiger partial charge is 0.477 e. The molecule has 96 valence electrons. The number of aromatic carboxylic acids is 1. The van der Waals surface area contributed by atoms with E-state index in [-0.39, 0.29) is 0 Å². The first kappa shape index (κ1) is 12.4. The molecule has 19 heavy (non-hydrogen) atoms. The van der Waals surface area contributed by atoms with Gasteiger partial charge in [0.1, 0.15) is 4.88 Å². The van der Waals surface area contributed by atoms with Crippen LogP contribution < -0.4 is 0 Å². The molecule has 0 radical (unpaired) electrons. The van der Waals surface area contributed by atoms with E-state index >= 15 is 0 Å². The second-order valence-corrected chi connectivity index (χ2v) is 6.00. The molecular formula is C13H9BrN2O2S. The first-order valence-electron chi connectivity index (χ1n) is 5.54. The summed E-state index contributed by atoms with van der Waals surface area (Å²) in [5.74, 6) is -0.904. The Morgan fingerprint density at radius 1 is 1.37 bits per heavy atom. The Morgan fingerprint density at radius 3 is 2.63 bits per heavy atom. The van der Waals surface area contributed by atoms with Gasteiger partial charge in [0.25, 0.3) is 0 Å². The van der Waals surface area contributed by atoms with Gasteiger partial charge in [-0.1, -0.05) is 39.4 Å². The summed E-state index contributed by atoms with van der Waals surface area (Å²) in [6.07, 6.45) is 1.87. The van der Waals surface area contributed by atoms with Gasteiger partial charge in [0.2, 0.25) is 0 Å². The van der Waals surface area contributed by atoms with Crippen molar-refractivity contribution in [3.05, 3.63) is 45.5 Å². The van der Waals surface area contributed by atoms with E-state index in [1.807, 2.05) is 34.9 Å². The Balaban J connectivity index is 2.13. The van der Waals surface area contributed by atoms with Crippen molar-refractivity contribution in [2.24, 2.45) is 0 Å². The van der Waals surface area contributed by atoms with E-state index in [4.69, 9.17) is 5.11 Å². The minimum absolute atomic E-state index is 0.338. The number of aryl methyl sites for hydroxylation is 1. The molecule has 0 saturated carbocycles. The number of carboxylic acids is 1. The van der Waals surface area contributed by atoms with Crippen molar-refractivity contribution in [2.45, 2.75) is 6.92 Å². The number of benzene rings is 1. The molecule has 1 aromatic carbocycles. The standard InChI is InChI=1S/C13H9BrN2O2S/c1-7-11(12(17)18)19-13-15-10(6-16(7)13)8-2-4-9(14)5-3-8/h2-6H,1H3,(H,17,18). The predicted octanol–water partition coefficient (Wildman–Crippen LogP) is 3.83. The van der Waals surface area contributed by atoms with Gasteiger partial charge in [-0.05, 0) is 19.1 Å². The monoisotopic (exact) mass is 336 g/mol. The van der Waals surface area contributed by atoms with Crippen LogP contribution in [0.5, 0.6) is 0 Å². The fourth-order valence-electron chi connectivity index (χ4n) is 1.91. The van der Waals surface area contributed by atoms with Gasteiger partial charge in [-0.15, -0.1) is 0 Å². The molecule has 0 amide bonds. The molecule has 4 nitrogen and oxygen atoms in total. The third kappa shape index (κ3) is 2.06. The lowest BCUT2D eigenvalue weighted by molar-refractivity contribution is 0.0701. The van der Waals surface area contributed by atoms with Crippen molar-refractivity contribution in [3.8, 4) is 11.3 Å². The van der Waals surface area contributed by atoms with Gasteiger partial charge in [0.05, 0.1) is 5.69 Å². The van der Waals surface area contributed by atoms with Crippen LogP contribution in [0.1, 0.15) is 15.4 Å². The van der Waals surface area contributed by atoms with Gasteiger partial charge < -0.3 is 5.11 Å². The van der Waals surface area contributed by atoms with E-state index < -0.39 is 5.97 Å². The van der Waals surface area contributed by atoms with E-state index in [0.717, 1.165) is 15.7 Å². The zero-order valence-electron chi connectivity index (χ0n) is 9.92. The van der Waals surface area contributed by atoms with Crippen molar-refractivity contribution in [2.75, 3.05) is 0 Å².